The van der Waals surface area contributed by atoms with Gasteiger partial charge in [-0.2, -0.15) is 0 Å². The summed E-state index contributed by atoms with van der Waals surface area (Å²) in [5.41, 5.74) is 5.12. The average Bonchev–Trinajstić information content (AvgIpc) is 2.44. The summed E-state index contributed by atoms with van der Waals surface area (Å²) >= 11 is 5.89. The Hall–Kier alpha value is -1.10. The fourth-order valence-electron chi connectivity index (χ4n) is 2.00. The van der Waals surface area contributed by atoms with E-state index in [1.165, 1.54) is 0 Å². The number of unbranched alkanes of at least 4 members (excludes halogenated alkanes) is 4. The van der Waals surface area contributed by atoms with E-state index < -0.39 is 17.3 Å². The van der Waals surface area contributed by atoms with E-state index in [4.69, 9.17) is 17.3 Å². The summed E-state index contributed by atoms with van der Waals surface area (Å²) in [6.07, 6.45) is 5.78. The molecule has 0 aromatic rings. The van der Waals surface area contributed by atoms with Gasteiger partial charge in [0.05, 0.1) is 17.8 Å². The molecule has 5 nitrogen and oxygen atoms in total. The van der Waals surface area contributed by atoms with Crippen LogP contribution in [0.2, 0.25) is 0 Å². The first kappa shape index (κ1) is 19.9. The number of amides is 2. The van der Waals surface area contributed by atoms with Gasteiger partial charge >= 0.3 is 0 Å². The zero-order valence-corrected chi connectivity index (χ0v) is 13.7. The van der Waals surface area contributed by atoms with Gasteiger partial charge in [-0.25, -0.2) is 0 Å². The highest BCUT2D eigenvalue weighted by atomic mass is 35.5. The number of Topliss-reactive ketones (excluding diaryl/α,β-unsaturated/α-hetero) is 1. The molecule has 0 aliphatic rings. The molecule has 3 N–H and O–H groups in total. The highest BCUT2D eigenvalue weighted by Crippen LogP contribution is 2.09. The van der Waals surface area contributed by atoms with Crippen molar-refractivity contribution >= 4 is 29.2 Å². The molecule has 0 aliphatic carbocycles. The third-order valence-corrected chi connectivity index (χ3v) is 3.78. The first-order chi connectivity index (χ1) is 9.92. The van der Waals surface area contributed by atoms with Crippen LogP contribution in [0.4, 0.5) is 0 Å². The van der Waals surface area contributed by atoms with Gasteiger partial charge in [0.2, 0.25) is 11.8 Å². The van der Waals surface area contributed by atoms with Crippen molar-refractivity contribution in [3.05, 3.63) is 0 Å². The Morgan fingerprint density at radius 3 is 2.24 bits per heavy atom. The molecule has 21 heavy (non-hydrogen) atoms. The first-order valence-electron chi connectivity index (χ1n) is 7.67. The lowest BCUT2D eigenvalue weighted by molar-refractivity contribution is -0.129. The molecule has 0 saturated heterocycles. The molecule has 2 amide bonds. The maximum absolute atomic E-state index is 12.0. The number of alkyl halides is 1. The van der Waals surface area contributed by atoms with Crippen LogP contribution in [0.1, 0.15) is 65.2 Å². The molecule has 0 heterocycles. The van der Waals surface area contributed by atoms with Gasteiger partial charge in [0.25, 0.3) is 0 Å². The third kappa shape index (κ3) is 9.45. The van der Waals surface area contributed by atoms with E-state index in [2.05, 4.69) is 12.2 Å². The van der Waals surface area contributed by atoms with Crippen LogP contribution in [0.15, 0.2) is 0 Å². The molecule has 0 rings (SSSR count). The van der Waals surface area contributed by atoms with E-state index in [9.17, 15) is 14.4 Å². The molecule has 0 fully saturated rings. The molecule has 6 heteroatoms. The van der Waals surface area contributed by atoms with Crippen LogP contribution < -0.4 is 11.1 Å². The molecule has 0 aliphatic heterocycles. The Labute approximate surface area is 132 Å². The summed E-state index contributed by atoms with van der Waals surface area (Å²) in [7, 11) is 0. The lowest BCUT2D eigenvalue weighted by atomic mass is 10.0. The molecular weight excluding hydrogens is 292 g/mol. The van der Waals surface area contributed by atoms with Crippen molar-refractivity contribution in [1.82, 2.24) is 5.32 Å². The topological polar surface area (TPSA) is 89.3 Å². The van der Waals surface area contributed by atoms with E-state index in [0.717, 1.165) is 32.1 Å². The first-order valence-corrected chi connectivity index (χ1v) is 8.11. The van der Waals surface area contributed by atoms with Crippen molar-refractivity contribution < 1.29 is 14.4 Å². The van der Waals surface area contributed by atoms with Crippen molar-refractivity contribution in [1.29, 1.82) is 0 Å². The molecule has 0 saturated carbocycles. The number of carbonyl (C=O) groups is 3. The van der Waals surface area contributed by atoms with E-state index in [1.54, 1.807) is 6.92 Å². The predicted octanol–water partition coefficient (Wildman–Crippen LogP) is 2.29. The van der Waals surface area contributed by atoms with Crippen LogP contribution in [-0.2, 0) is 14.4 Å². The van der Waals surface area contributed by atoms with Crippen molar-refractivity contribution in [3.8, 4) is 0 Å². The summed E-state index contributed by atoms with van der Waals surface area (Å²) in [4.78, 5) is 34.8. The van der Waals surface area contributed by atoms with Crippen molar-refractivity contribution in [2.45, 2.75) is 76.6 Å². The number of hydrogen-bond donors (Lipinski definition) is 2. The summed E-state index contributed by atoms with van der Waals surface area (Å²) in [5, 5.41) is 1.87. The van der Waals surface area contributed by atoms with Gasteiger partial charge in [0, 0.05) is 6.42 Å². The Morgan fingerprint density at radius 2 is 1.71 bits per heavy atom. The molecule has 2 atom stereocenters. The third-order valence-electron chi connectivity index (χ3n) is 3.26. The minimum atomic E-state index is -0.909. The Bertz CT molecular complexity index is 348. The van der Waals surface area contributed by atoms with Crippen molar-refractivity contribution in [3.63, 3.8) is 0 Å². The standard InChI is InChI=1S/C15H27ClN2O3/c1-3-5-6-7-8-9-14(20)18-12(10-13(17)19)15(21)11(16)4-2/h11-12H,3-10H2,1-2H3,(H2,17,19)(H,18,20)/t11-,12+/m0/s1. The monoisotopic (exact) mass is 318 g/mol. The van der Waals surface area contributed by atoms with Crippen LogP contribution in [0, 0.1) is 0 Å². The molecule has 0 radical (unpaired) electrons. The maximum Gasteiger partial charge on any atom is 0.220 e. The van der Waals surface area contributed by atoms with Gasteiger partial charge in [-0.15, -0.1) is 11.6 Å². The molecule has 0 spiro atoms. The van der Waals surface area contributed by atoms with Crippen LogP contribution in [0.5, 0.6) is 0 Å². The summed E-state index contributed by atoms with van der Waals surface area (Å²) in [6, 6.07) is -0.909. The fourth-order valence-corrected chi connectivity index (χ4v) is 2.15. The van der Waals surface area contributed by atoms with E-state index in [0.29, 0.717) is 12.8 Å². The van der Waals surface area contributed by atoms with Crippen molar-refractivity contribution in [2.75, 3.05) is 0 Å². The average molecular weight is 319 g/mol. The molecule has 0 unspecified atom stereocenters. The summed E-state index contributed by atoms with van der Waals surface area (Å²) in [5.74, 6) is -1.21. The maximum atomic E-state index is 12.0. The highest BCUT2D eigenvalue weighted by Gasteiger charge is 2.27. The summed E-state index contributed by atoms with van der Waals surface area (Å²) < 4.78 is 0. The predicted molar refractivity (Wildman–Crippen MR) is 84.1 cm³/mol. The number of halogens is 1. The van der Waals surface area contributed by atoms with Crippen molar-refractivity contribution in [2.24, 2.45) is 5.73 Å². The van der Waals surface area contributed by atoms with Gasteiger partial charge < -0.3 is 11.1 Å². The largest absolute Gasteiger partial charge is 0.370 e. The number of nitrogens with two attached hydrogens (primary N) is 1. The van der Waals surface area contributed by atoms with E-state index in [-0.39, 0.29) is 18.1 Å². The number of hydrogen-bond acceptors (Lipinski definition) is 3. The van der Waals surface area contributed by atoms with Gasteiger partial charge in [-0.05, 0) is 12.8 Å². The number of primary amides is 1. The van der Waals surface area contributed by atoms with Gasteiger partial charge in [-0.3, -0.25) is 14.4 Å². The van der Waals surface area contributed by atoms with Gasteiger partial charge in [0.1, 0.15) is 0 Å². The van der Waals surface area contributed by atoms with Crippen LogP contribution in [0.3, 0.4) is 0 Å². The fraction of sp³-hybridized carbons (Fsp3) is 0.800. The number of ketones is 1. The second-order valence-electron chi connectivity index (χ2n) is 5.23. The Balaban J connectivity index is 4.29. The molecule has 0 aromatic heterocycles. The lowest BCUT2D eigenvalue weighted by Gasteiger charge is -2.18. The second-order valence-corrected chi connectivity index (χ2v) is 5.76. The summed E-state index contributed by atoms with van der Waals surface area (Å²) in [6.45, 7) is 3.90. The quantitative estimate of drug-likeness (QED) is 0.427. The smallest absolute Gasteiger partial charge is 0.220 e. The van der Waals surface area contributed by atoms with Crippen LogP contribution in [0.25, 0.3) is 0 Å². The van der Waals surface area contributed by atoms with Crippen LogP contribution in [-0.4, -0.2) is 29.0 Å². The van der Waals surface area contributed by atoms with Crippen LogP contribution >= 0.6 is 11.6 Å². The molecule has 122 valence electrons. The SMILES string of the molecule is CCCCCCCC(=O)N[C@H](CC(N)=O)C(=O)[C@@H](Cl)CC. The molecule has 0 aromatic carbocycles. The van der Waals surface area contributed by atoms with E-state index >= 15 is 0 Å². The van der Waals surface area contributed by atoms with E-state index in [1.807, 2.05) is 0 Å². The second kappa shape index (κ2) is 11.5. The van der Waals surface area contributed by atoms with Gasteiger partial charge in [-0.1, -0.05) is 39.5 Å². The van der Waals surface area contributed by atoms with Gasteiger partial charge in [0.15, 0.2) is 5.78 Å². The highest BCUT2D eigenvalue weighted by molar-refractivity contribution is 6.32. The minimum absolute atomic E-state index is 0.205. The molecule has 0 bridgehead atoms. The molecular formula is C15H27ClN2O3. The minimum Gasteiger partial charge on any atom is -0.370 e. The Morgan fingerprint density at radius 1 is 1.10 bits per heavy atom. The number of carbonyl (C=O) groups excluding carboxylic acids is 3. The number of rotatable bonds is 12. The zero-order chi connectivity index (χ0) is 16.3. The lowest BCUT2D eigenvalue weighted by Crippen LogP contribution is -2.46. The number of nitrogens with one attached hydrogen (secondary N) is 1. The Kier molecular flexibility index (Phi) is 10.9. The zero-order valence-electron chi connectivity index (χ0n) is 13.0. The normalized spacial score (nSPS) is 13.5.